The van der Waals surface area contributed by atoms with Crippen LogP contribution in [0.5, 0.6) is 0 Å². The second kappa shape index (κ2) is 8.18. The summed E-state index contributed by atoms with van der Waals surface area (Å²) < 4.78 is 5.69. The molecule has 2 aromatic heterocycles. The molecule has 5 rings (SSSR count). The number of thioether (sulfide) groups is 1. The Morgan fingerprint density at radius 2 is 2.23 bits per heavy atom. The maximum atomic E-state index is 13.6. The van der Waals surface area contributed by atoms with Gasteiger partial charge in [-0.25, -0.2) is 9.97 Å². The Kier molecular flexibility index (Phi) is 5.23. The van der Waals surface area contributed by atoms with Gasteiger partial charge in [-0.15, -0.1) is 5.10 Å². The zero-order valence-electron chi connectivity index (χ0n) is 17.4. The van der Waals surface area contributed by atoms with Crippen molar-refractivity contribution in [1.82, 2.24) is 20.2 Å². The van der Waals surface area contributed by atoms with Gasteiger partial charge in [0.25, 0.3) is 5.91 Å². The molecule has 10 heteroatoms. The molecule has 31 heavy (non-hydrogen) atoms. The molecule has 1 amide bonds. The van der Waals surface area contributed by atoms with E-state index in [-0.39, 0.29) is 11.9 Å². The standard InChI is InChI=1S/C21H23N7O2S/c1-3-22-20-26-25-18(30-20)13-6-4-7-14(10-13)28-12-15-8-5-9-27(15)17-16(19(28)29)11-23-21(24-17)31-2/h4,6-7,10-11,15H,3,5,8-9,12H2,1-2H3,(H,22,26)/t15-/m0/s1. The summed E-state index contributed by atoms with van der Waals surface area (Å²) in [6.45, 7) is 4.16. The molecular weight excluding hydrogens is 414 g/mol. The topological polar surface area (TPSA) is 100 Å². The minimum atomic E-state index is -0.0897. The third-order valence-electron chi connectivity index (χ3n) is 5.60. The van der Waals surface area contributed by atoms with Crippen LogP contribution in [0.1, 0.15) is 30.1 Å². The lowest BCUT2D eigenvalue weighted by Gasteiger charge is -2.27. The third-order valence-corrected chi connectivity index (χ3v) is 6.17. The van der Waals surface area contributed by atoms with E-state index < -0.39 is 0 Å². The molecule has 0 radical (unpaired) electrons. The largest absolute Gasteiger partial charge is 0.403 e. The highest BCUT2D eigenvalue weighted by Crippen LogP contribution is 2.35. The van der Waals surface area contributed by atoms with Crippen LogP contribution < -0.4 is 15.1 Å². The van der Waals surface area contributed by atoms with Gasteiger partial charge in [-0.05, 0) is 44.2 Å². The van der Waals surface area contributed by atoms with Crippen LogP contribution in [0.15, 0.2) is 40.0 Å². The van der Waals surface area contributed by atoms with Crippen molar-refractivity contribution in [3.8, 4) is 11.5 Å². The number of nitrogens with one attached hydrogen (secondary N) is 1. The molecule has 9 nitrogen and oxygen atoms in total. The van der Waals surface area contributed by atoms with E-state index in [1.165, 1.54) is 11.8 Å². The fourth-order valence-corrected chi connectivity index (χ4v) is 4.50. The highest BCUT2D eigenvalue weighted by atomic mass is 32.2. The van der Waals surface area contributed by atoms with E-state index >= 15 is 0 Å². The summed E-state index contributed by atoms with van der Waals surface area (Å²) in [5.74, 6) is 1.07. The van der Waals surface area contributed by atoms with Crippen molar-refractivity contribution >= 4 is 35.2 Å². The van der Waals surface area contributed by atoms with Crippen LogP contribution in [0.3, 0.4) is 0 Å². The minimum Gasteiger partial charge on any atom is -0.403 e. The molecule has 2 aliphatic rings. The lowest BCUT2D eigenvalue weighted by Crippen LogP contribution is -2.39. The van der Waals surface area contributed by atoms with Crippen molar-refractivity contribution in [2.75, 3.05) is 41.0 Å². The van der Waals surface area contributed by atoms with Crippen LogP contribution in [0.4, 0.5) is 17.5 Å². The fraction of sp³-hybridized carbons (Fsp3) is 0.381. The van der Waals surface area contributed by atoms with Crippen molar-refractivity contribution in [3.63, 3.8) is 0 Å². The number of carbonyl (C=O) groups excluding carboxylic acids is 1. The molecule has 0 bridgehead atoms. The predicted octanol–water partition coefficient (Wildman–Crippen LogP) is 3.31. The Labute approximate surface area is 184 Å². The van der Waals surface area contributed by atoms with Crippen LogP contribution in [0.25, 0.3) is 11.5 Å². The average molecular weight is 438 g/mol. The second-order valence-corrected chi connectivity index (χ2v) is 8.27. The first-order valence-electron chi connectivity index (χ1n) is 10.3. The summed E-state index contributed by atoms with van der Waals surface area (Å²) in [6, 6.07) is 8.26. The summed E-state index contributed by atoms with van der Waals surface area (Å²) in [4.78, 5) is 26.7. The Balaban J connectivity index is 1.53. The van der Waals surface area contributed by atoms with Gasteiger partial charge in [0.2, 0.25) is 5.89 Å². The summed E-state index contributed by atoms with van der Waals surface area (Å²) in [7, 11) is 0. The van der Waals surface area contributed by atoms with Gasteiger partial charge in [0.05, 0.1) is 0 Å². The van der Waals surface area contributed by atoms with Gasteiger partial charge in [-0.2, -0.15) is 0 Å². The average Bonchev–Trinajstić information content (AvgIpc) is 3.44. The highest BCUT2D eigenvalue weighted by Gasteiger charge is 2.37. The summed E-state index contributed by atoms with van der Waals surface area (Å²) in [6.07, 6.45) is 5.71. The van der Waals surface area contributed by atoms with Crippen molar-refractivity contribution < 1.29 is 9.21 Å². The maximum absolute atomic E-state index is 13.6. The maximum Gasteiger partial charge on any atom is 0.315 e. The van der Waals surface area contributed by atoms with Gasteiger partial charge in [0.1, 0.15) is 11.4 Å². The molecule has 4 heterocycles. The Morgan fingerprint density at radius 1 is 1.32 bits per heavy atom. The molecule has 0 aliphatic carbocycles. The number of carbonyl (C=O) groups is 1. The molecule has 0 saturated carbocycles. The van der Waals surface area contributed by atoms with E-state index in [2.05, 4.69) is 30.4 Å². The van der Waals surface area contributed by atoms with Gasteiger partial charge in [-0.3, -0.25) is 4.79 Å². The van der Waals surface area contributed by atoms with Gasteiger partial charge >= 0.3 is 6.01 Å². The first kappa shape index (κ1) is 19.8. The quantitative estimate of drug-likeness (QED) is 0.476. The van der Waals surface area contributed by atoms with Crippen molar-refractivity contribution in [2.24, 2.45) is 0 Å². The zero-order chi connectivity index (χ0) is 21.4. The van der Waals surface area contributed by atoms with E-state index in [9.17, 15) is 4.79 Å². The molecule has 2 aliphatic heterocycles. The van der Waals surface area contributed by atoms with Crippen molar-refractivity contribution in [3.05, 3.63) is 36.0 Å². The lowest BCUT2D eigenvalue weighted by molar-refractivity contribution is 0.0988. The molecule has 1 saturated heterocycles. The smallest absolute Gasteiger partial charge is 0.315 e. The third kappa shape index (κ3) is 3.60. The van der Waals surface area contributed by atoms with Gasteiger partial charge < -0.3 is 19.5 Å². The number of nitrogens with zero attached hydrogens (tertiary/aromatic N) is 6. The van der Waals surface area contributed by atoms with E-state index in [4.69, 9.17) is 4.42 Å². The Bertz CT molecular complexity index is 1120. The molecule has 1 atom stereocenters. The SMILES string of the molecule is CCNc1nnc(-c2cccc(N3C[C@@H]4CCCN4c4nc(SC)ncc4C3=O)c2)o1. The van der Waals surface area contributed by atoms with Crippen LogP contribution in [-0.4, -0.2) is 58.0 Å². The number of hydrogen-bond acceptors (Lipinski definition) is 9. The van der Waals surface area contributed by atoms with E-state index in [0.29, 0.717) is 35.7 Å². The highest BCUT2D eigenvalue weighted by molar-refractivity contribution is 7.98. The summed E-state index contributed by atoms with van der Waals surface area (Å²) >= 11 is 1.48. The molecule has 160 valence electrons. The minimum absolute atomic E-state index is 0.0897. The molecule has 0 spiro atoms. The number of hydrogen-bond donors (Lipinski definition) is 1. The number of aromatic nitrogens is 4. The Hall–Kier alpha value is -3.14. The van der Waals surface area contributed by atoms with Gasteiger partial charge in [0, 0.05) is 43.1 Å². The van der Waals surface area contributed by atoms with E-state index in [1.807, 2.05) is 42.3 Å². The van der Waals surface area contributed by atoms with E-state index in [0.717, 1.165) is 36.5 Å². The molecule has 1 fully saturated rings. The molecule has 3 aromatic rings. The first-order valence-corrected chi connectivity index (χ1v) is 11.6. The Morgan fingerprint density at radius 3 is 3.06 bits per heavy atom. The number of amides is 1. The zero-order valence-corrected chi connectivity index (χ0v) is 18.2. The summed E-state index contributed by atoms with van der Waals surface area (Å²) in [5, 5.41) is 11.8. The predicted molar refractivity (Wildman–Crippen MR) is 120 cm³/mol. The molecular formula is C21H23N7O2S. The second-order valence-electron chi connectivity index (χ2n) is 7.49. The van der Waals surface area contributed by atoms with Crippen LogP contribution in [0, 0.1) is 0 Å². The number of fused-ring (bicyclic) bond motifs is 3. The molecule has 1 aromatic carbocycles. The van der Waals surface area contributed by atoms with E-state index in [1.54, 1.807) is 6.20 Å². The van der Waals surface area contributed by atoms with Gasteiger partial charge in [-0.1, -0.05) is 22.9 Å². The van der Waals surface area contributed by atoms with Gasteiger partial charge in [0.15, 0.2) is 5.16 Å². The number of benzene rings is 1. The number of anilines is 3. The normalized spacial score (nSPS) is 18.0. The lowest BCUT2D eigenvalue weighted by atomic mass is 10.1. The monoisotopic (exact) mass is 437 g/mol. The first-order chi connectivity index (χ1) is 15.2. The van der Waals surface area contributed by atoms with Crippen LogP contribution in [-0.2, 0) is 0 Å². The van der Waals surface area contributed by atoms with Crippen molar-refractivity contribution in [1.29, 1.82) is 0 Å². The van der Waals surface area contributed by atoms with Crippen molar-refractivity contribution in [2.45, 2.75) is 31.0 Å². The number of rotatable bonds is 5. The van der Waals surface area contributed by atoms with Crippen LogP contribution >= 0.6 is 11.8 Å². The summed E-state index contributed by atoms with van der Waals surface area (Å²) in [5.41, 5.74) is 2.10. The molecule has 1 N–H and O–H groups in total. The molecule has 0 unspecified atom stereocenters. The van der Waals surface area contributed by atoms with Crippen LogP contribution in [0.2, 0.25) is 0 Å². The fourth-order valence-electron chi connectivity index (χ4n) is 4.16.